The molecule has 0 radical (unpaired) electrons. The van der Waals surface area contributed by atoms with E-state index >= 15 is 0 Å². The zero-order valence-corrected chi connectivity index (χ0v) is 14.7. The number of benzene rings is 1. The molecule has 0 aliphatic heterocycles. The highest BCUT2D eigenvalue weighted by molar-refractivity contribution is 9.11. The molecule has 0 fully saturated rings. The van der Waals surface area contributed by atoms with Gasteiger partial charge in [-0.25, -0.2) is 0 Å². The summed E-state index contributed by atoms with van der Waals surface area (Å²) < 4.78 is 2.42. The molecule has 0 bridgehead atoms. The van der Waals surface area contributed by atoms with Gasteiger partial charge >= 0.3 is 0 Å². The van der Waals surface area contributed by atoms with Crippen LogP contribution in [0.2, 0.25) is 0 Å². The second-order valence-corrected chi connectivity index (χ2v) is 8.26. The maximum absolute atomic E-state index is 3.70. The highest BCUT2D eigenvalue weighted by Crippen LogP contribution is 2.40. The molecule has 1 heterocycles. The molecule has 1 atom stereocenters. The Labute approximate surface area is 134 Å². The first-order chi connectivity index (χ1) is 9.15. The van der Waals surface area contributed by atoms with Crippen LogP contribution in [0.25, 0.3) is 0 Å². The fourth-order valence-electron chi connectivity index (χ4n) is 2.62. The lowest BCUT2D eigenvalue weighted by atomic mass is 9.94. The fourth-order valence-corrected chi connectivity index (χ4v) is 4.82. The summed E-state index contributed by atoms with van der Waals surface area (Å²) >= 11 is 9.17. The topological polar surface area (TPSA) is 12.0 Å². The molecule has 4 heteroatoms. The Bertz CT molecular complexity index is 606. The summed E-state index contributed by atoms with van der Waals surface area (Å²) in [5, 5.41) is 3.70. The van der Waals surface area contributed by atoms with Crippen LogP contribution in [0.3, 0.4) is 0 Å². The largest absolute Gasteiger partial charge is 0.377 e. The van der Waals surface area contributed by atoms with E-state index in [9.17, 15) is 0 Å². The van der Waals surface area contributed by atoms with Gasteiger partial charge in [0.1, 0.15) is 0 Å². The Morgan fingerprint density at radius 3 is 3.00 bits per heavy atom. The maximum atomic E-state index is 3.70. The van der Waals surface area contributed by atoms with Gasteiger partial charge in [-0.1, -0.05) is 12.1 Å². The first kappa shape index (κ1) is 13.7. The van der Waals surface area contributed by atoms with Crippen LogP contribution in [0.1, 0.15) is 34.9 Å². The summed E-state index contributed by atoms with van der Waals surface area (Å²) in [6.45, 7) is 2.13. The van der Waals surface area contributed by atoms with Crippen LogP contribution in [0.5, 0.6) is 0 Å². The highest BCUT2D eigenvalue weighted by atomic mass is 79.9. The maximum Gasteiger partial charge on any atom is 0.0705 e. The summed E-state index contributed by atoms with van der Waals surface area (Å²) in [6.07, 6.45) is 3.69. The number of thiophene rings is 1. The van der Waals surface area contributed by atoms with Crippen LogP contribution < -0.4 is 5.32 Å². The van der Waals surface area contributed by atoms with Gasteiger partial charge in [0.25, 0.3) is 0 Å². The molecule has 1 nitrogen and oxygen atoms in total. The van der Waals surface area contributed by atoms with Crippen molar-refractivity contribution in [3.63, 3.8) is 0 Å². The molecule has 2 aromatic rings. The lowest BCUT2D eigenvalue weighted by Crippen LogP contribution is -2.16. The number of halogens is 2. The van der Waals surface area contributed by atoms with E-state index in [-0.39, 0.29) is 0 Å². The number of hydrogen-bond donors (Lipinski definition) is 1. The molecule has 1 aliphatic rings. The number of fused-ring (bicyclic) bond motifs is 1. The number of rotatable bonds is 2. The third-order valence-corrected chi connectivity index (χ3v) is 6.37. The fraction of sp³-hybridized carbons (Fsp3) is 0.333. The standard InChI is InChI=1S/C15H15Br2NS/c1-9-4-2-6-12(15(9)17)18-11-5-3-7-13-10(11)8-14(16)19-13/h2,4,6,8,11,18H,3,5,7H2,1H3. The van der Waals surface area contributed by atoms with Crippen LogP contribution in [0.4, 0.5) is 5.69 Å². The van der Waals surface area contributed by atoms with Crippen LogP contribution in [0, 0.1) is 6.92 Å². The van der Waals surface area contributed by atoms with Crippen molar-refractivity contribution in [3.8, 4) is 0 Å². The molecule has 0 saturated carbocycles. The lowest BCUT2D eigenvalue weighted by Gasteiger charge is -2.25. The molecular formula is C15H15Br2NS. The van der Waals surface area contributed by atoms with E-state index in [1.54, 1.807) is 0 Å². The smallest absolute Gasteiger partial charge is 0.0705 e. The molecule has 0 spiro atoms. The van der Waals surface area contributed by atoms with Gasteiger partial charge in [-0.2, -0.15) is 0 Å². The zero-order chi connectivity index (χ0) is 13.4. The van der Waals surface area contributed by atoms with Crippen LogP contribution in [-0.4, -0.2) is 0 Å². The van der Waals surface area contributed by atoms with Crippen molar-refractivity contribution in [2.45, 2.75) is 32.2 Å². The monoisotopic (exact) mass is 399 g/mol. The van der Waals surface area contributed by atoms with Gasteiger partial charge in [0.15, 0.2) is 0 Å². The molecule has 1 aromatic heterocycles. The predicted molar refractivity (Wildman–Crippen MR) is 90.2 cm³/mol. The summed E-state index contributed by atoms with van der Waals surface area (Å²) in [6, 6.07) is 9.09. The lowest BCUT2D eigenvalue weighted by molar-refractivity contribution is 0.608. The van der Waals surface area contributed by atoms with Crippen LogP contribution >= 0.6 is 43.2 Å². The SMILES string of the molecule is Cc1cccc(NC2CCCc3sc(Br)cc32)c1Br. The van der Waals surface area contributed by atoms with Gasteiger partial charge in [-0.15, -0.1) is 11.3 Å². The van der Waals surface area contributed by atoms with Gasteiger partial charge in [0.05, 0.1) is 9.83 Å². The average molecular weight is 401 g/mol. The molecule has 1 aromatic carbocycles. The van der Waals surface area contributed by atoms with Crippen LogP contribution in [0.15, 0.2) is 32.5 Å². The van der Waals surface area contributed by atoms with Gasteiger partial charge in [-0.05, 0) is 81.3 Å². The summed E-state index contributed by atoms with van der Waals surface area (Å²) in [5.74, 6) is 0. The van der Waals surface area contributed by atoms with E-state index in [0.717, 1.165) is 0 Å². The minimum Gasteiger partial charge on any atom is -0.377 e. The van der Waals surface area contributed by atoms with E-state index in [0.29, 0.717) is 6.04 Å². The number of anilines is 1. The minimum atomic E-state index is 0.435. The van der Waals surface area contributed by atoms with Gasteiger partial charge in [0, 0.05) is 15.0 Å². The zero-order valence-electron chi connectivity index (χ0n) is 10.7. The second kappa shape index (κ2) is 5.58. The molecule has 1 aliphatic carbocycles. The summed E-state index contributed by atoms with van der Waals surface area (Å²) in [4.78, 5) is 1.53. The first-order valence-electron chi connectivity index (χ1n) is 6.45. The predicted octanol–water partition coefficient (Wildman–Crippen LogP) is 6.07. The van der Waals surface area contributed by atoms with Crippen LogP contribution in [-0.2, 0) is 6.42 Å². The minimum absolute atomic E-state index is 0.435. The summed E-state index contributed by atoms with van der Waals surface area (Å²) in [5.41, 5.74) is 3.93. The normalized spacial score (nSPS) is 18.2. The van der Waals surface area contributed by atoms with E-state index < -0.39 is 0 Å². The van der Waals surface area contributed by atoms with Crippen molar-refractivity contribution in [1.82, 2.24) is 0 Å². The quantitative estimate of drug-likeness (QED) is 0.644. The molecule has 19 heavy (non-hydrogen) atoms. The van der Waals surface area contributed by atoms with Crippen molar-refractivity contribution in [2.75, 3.05) is 5.32 Å². The van der Waals surface area contributed by atoms with E-state index in [4.69, 9.17) is 0 Å². The van der Waals surface area contributed by atoms with Crippen molar-refractivity contribution < 1.29 is 0 Å². The number of nitrogens with one attached hydrogen (secondary N) is 1. The van der Waals surface area contributed by atoms with E-state index in [1.165, 1.54) is 49.2 Å². The highest BCUT2D eigenvalue weighted by Gasteiger charge is 2.23. The molecule has 1 unspecified atom stereocenters. The Balaban J connectivity index is 1.90. The summed E-state index contributed by atoms with van der Waals surface area (Å²) in [7, 11) is 0. The van der Waals surface area contributed by atoms with Gasteiger partial charge in [-0.3, -0.25) is 0 Å². The van der Waals surface area contributed by atoms with Crippen molar-refractivity contribution >= 4 is 48.9 Å². The second-order valence-electron chi connectivity index (χ2n) is 4.95. The molecule has 1 N–H and O–H groups in total. The van der Waals surface area contributed by atoms with Crippen molar-refractivity contribution in [3.05, 3.63) is 48.5 Å². The Morgan fingerprint density at radius 2 is 2.16 bits per heavy atom. The Morgan fingerprint density at radius 1 is 1.32 bits per heavy atom. The Kier molecular flexibility index (Phi) is 4.01. The first-order valence-corrected chi connectivity index (χ1v) is 8.85. The van der Waals surface area contributed by atoms with Gasteiger partial charge in [0.2, 0.25) is 0 Å². The third kappa shape index (κ3) is 2.76. The third-order valence-electron chi connectivity index (χ3n) is 3.61. The molecule has 3 rings (SSSR count). The molecule has 0 saturated heterocycles. The van der Waals surface area contributed by atoms with E-state index in [2.05, 4.69) is 68.4 Å². The van der Waals surface area contributed by atoms with E-state index in [1.807, 2.05) is 11.3 Å². The Hall–Kier alpha value is -0.320. The van der Waals surface area contributed by atoms with Crippen molar-refractivity contribution in [1.29, 1.82) is 0 Å². The van der Waals surface area contributed by atoms with Gasteiger partial charge < -0.3 is 5.32 Å². The average Bonchev–Trinajstić information content (AvgIpc) is 2.76. The number of hydrogen-bond acceptors (Lipinski definition) is 2. The molecular weight excluding hydrogens is 386 g/mol. The van der Waals surface area contributed by atoms with Crippen molar-refractivity contribution in [2.24, 2.45) is 0 Å². The number of aryl methyl sites for hydroxylation is 2. The molecule has 100 valence electrons. The molecule has 0 amide bonds.